The molecule has 0 aliphatic rings. The summed E-state index contributed by atoms with van der Waals surface area (Å²) in [6.45, 7) is 7.07. The molecule has 32 heavy (non-hydrogen) atoms. The summed E-state index contributed by atoms with van der Waals surface area (Å²) in [6.07, 6.45) is 10.0. The molecule has 0 aliphatic heterocycles. The molecule has 1 heteroatoms. The van der Waals surface area contributed by atoms with Gasteiger partial charge in [-0.15, -0.1) is 0 Å². The largest absolute Gasteiger partial charge is 0.396 e. The van der Waals surface area contributed by atoms with Crippen LogP contribution in [0.3, 0.4) is 0 Å². The van der Waals surface area contributed by atoms with E-state index < -0.39 is 0 Å². The van der Waals surface area contributed by atoms with Crippen LogP contribution < -0.4 is 0 Å². The summed E-state index contributed by atoms with van der Waals surface area (Å²) < 4.78 is 0. The number of hydrogen-bond donors (Lipinski definition) is 1. The molecule has 0 atom stereocenters. The Bertz CT molecular complexity index is 968. The quantitative estimate of drug-likeness (QED) is 0.288. The summed E-state index contributed by atoms with van der Waals surface area (Å²) in [7, 11) is 0. The van der Waals surface area contributed by atoms with Crippen LogP contribution in [0.5, 0.6) is 0 Å². The van der Waals surface area contributed by atoms with Gasteiger partial charge in [-0.05, 0) is 89.5 Å². The second kappa shape index (κ2) is 12.6. The maximum absolute atomic E-state index is 8.99. The van der Waals surface area contributed by atoms with Crippen molar-refractivity contribution in [2.24, 2.45) is 0 Å². The van der Waals surface area contributed by atoms with Gasteiger partial charge in [-0.2, -0.15) is 0 Å². The molecule has 0 bridgehead atoms. The van der Waals surface area contributed by atoms with Crippen molar-refractivity contribution in [2.45, 2.75) is 78.6 Å². The van der Waals surface area contributed by atoms with Gasteiger partial charge in [-0.25, -0.2) is 0 Å². The van der Waals surface area contributed by atoms with E-state index in [0.29, 0.717) is 6.61 Å². The van der Waals surface area contributed by atoms with Crippen molar-refractivity contribution in [1.29, 1.82) is 0 Å². The summed E-state index contributed by atoms with van der Waals surface area (Å²) in [4.78, 5) is 0. The first kappa shape index (κ1) is 24.3. The summed E-state index contributed by atoms with van der Waals surface area (Å²) in [5.74, 6) is 0. The van der Waals surface area contributed by atoms with Gasteiger partial charge in [-0.1, -0.05) is 94.3 Å². The number of aliphatic hydroxyl groups excluding tert-OH is 1. The molecule has 1 N–H and O–H groups in total. The topological polar surface area (TPSA) is 20.2 Å². The molecule has 170 valence electrons. The van der Waals surface area contributed by atoms with Crippen molar-refractivity contribution in [2.75, 3.05) is 6.61 Å². The van der Waals surface area contributed by atoms with Crippen molar-refractivity contribution in [3.8, 4) is 22.3 Å². The van der Waals surface area contributed by atoms with E-state index >= 15 is 0 Å². The number of unbranched alkanes of at least 4 members (excludes halogenated alkanes) is 3. The molecule has 0 saturated heterocycles. The van der Waals surface area contributed by atoms with E-state index in [1.165, 1.54) is 63.8 Å². The monoisotopic (exact) mass is 428 g/mol. The predicted molar refractivity (Wildman–Crippen MR) is 139 cm³/mol. The van der Waals surface area contributed by atoms with E-state index in [0.717, 1.165) is 38.5 Å². The van der Waals surface area contributed by atoms with Gasteiger partial charge in [0, 0.05) is 6.61 Å². The molecule has 0 heterocycles. The Morgan fingerprint density at radius 2 is 1.16 bits per heavy atom. The molecule has 0 amide bonds. The van der Waals surface area contributed by atoms with Gasteiger partial charge in [0.15, 0.2) is 0 Å². The molecule has 3 aromatic rings. The first-order valence-electron chi connectivity index (χ1n) is 12.6. The number of rotatable bonds is 12. The minimum Gasteiger partial charge on any atom is -0.396 e. The number of aryl methyl sites for hydroxylation is 4. The van der Waals surface area contributed by atoms with Gasteiger partial charge in [0.1, 0.15) is 0 Å². The van der Waals surface area contributed by atoms with Crippen molar-refractivity contribution in [3.05, 3.63) is 82.9 Å². The third-order valence-electron chi connectivity index (χ3n) is 6.56. The van der Waals surface area contributed by atoms with E-state index in [9.17, 15) is 0 Å². The molecule has 0 fully saturated rings. The molecular weight excluding hydrogens is 388 g/mol. The van der Waals surface area contributed by atoms with Gasteiger partial charge >= 0.3 is 0 Å². The van der Waals surface area contributed by atoms with E-state index in [4.69, 9.17) is 5.11 Å². The van der Waals surface area contributed by atoms with E-state index in [1.807, 2.05) is 0 Å². The summed E-state index contributed by atoms with van der Waals surface area (Å²) in [5.41, 5.74) is 11.1. The van der Waals surface area contributed by atoms with Crippen LogP contribution in [0, 0.1) is 0 Å². The first-order chi connectivity index (χ1) is 15.7. The van der Waals surface area contributed by atoms with Crippen molar-refractivity contribution in [3.63, 3.8) is 0 Å². The van der Waals surface area contributed by atoms with Gasteiger partial charge < -0.3 is 5.11 Å². The molecule has 0 spiro atoms. The second-order valence-corrected chi connectivity index (χ2v) is 8.91. The molecule has 3 rings (SSSR count). The molecule has 1 nitrogen and oxygen atoms in total. The van der Waals surface area contributed by atoms with Crippen molar-refractivity contribution < 1.29 is 5.11 Å². The Morgan fingerprint density at radius 1 is 0.562 bits per heavy atom. The predicted octanol–water partition coefficient (Wildman–Crippen LogP) is 8.19. The Hall–Kier alpha value is -2.38. The average molecular weight is 429 g/mol. The van der Waals surface area contributed by atoms with Crippen LogP contribution in [0.15, 0.2) is 60.7 Å². The summed E-state index contributed by atoms with van der Waals surface area (Å²) in [6, 6.07) is 23.2. The molecule has 0 aliphatic carbocycles. The number of hydrogen-bond acceptors (Lipinski definition) is 1. The Balaban J connectivity index is 1.83. The Kier molecular flexibility index (Phi) is 9.56. The van der Waals surface area contributed by atoms with Gasteiger partial charge in [0.25, 0.3) is 0 Å². The van der Waals surface area contributed by atoms with Gasteiger partial charge in [0.05, 0.1) is 0 Å². The lowest BCUT2D eigenvalue weighted by Gasteiger charge is -2.15. The fraction of sp³-hybridized carbons (Fsp3) is 0.419. The van der Waals surface area contributed by atoms with Crippen LogP contribution in [0.25, 0.3) is 22.3 Å². The van der Waals surface area contributed by atoms with Crippen molar-refractivity contribution >= 4 is 0 Å². The lowest BCUT2D eigenvalue weighted by Crippen LogP contribution is -1.95. The first-order valence-corrected chi connectivity index (χ1v) is 12.6. The highest BCUT2D eigenvalue weighted by Crippen LogP contribution is 2.32. The SMILES string of the molecule is CCCCc1ccc(-c2ccc(-c3ccc(CCCCCO)cc3CC)cc2CC)cc1. The standard InChI is InChI=1S/C31H40O/c1-4-7-11-24-13-16-28(17-14-24)30-20-18-29(23-27(30)6-3)31-19-15-25(22-26(31)5-2)12-9-8-10-21-32/h13-20,22-23,32H,4-12,21H2,1-3H3. The van der Waals surface area contributed by atoms with Crippen LogP contribution in [0.4, 0.5) is 0 Å². The zero-order valence-corrected chi connectivity index (χ0v) is 20.3. The molecule has 3 aromatic carbocycles. The van der Waals surface area contributed by atoms with Crippen LogP contribution >= 0.6 is 0 Å². The second-order valence-electron chi connectivity index (χ2n) is 8.91. The van der Waals surface area contributed by atoms with Gasteiger partial charge in [0.2, 0.25) is 0 Å². The smallest absolute Gasteiger partial charge is 0.0431 e. The number of benzene rings is 3. The Labute approximate surface area is 195 Å². The fourth-order valence-corrected chi connectivity index (χ4v) is 4.56. The highest BCUT2D eigenvalue weighted by Gasteiger charge is 2.10. The minimum absolute atomic E-state index is 0.303. The maximum Gasteiger partial charge on any atom is 0.0431 e. The van der Waals surface area contributed by atoms with Gasteiger partial charge in [-0.3, -0.25) is 0 Å². The maximum atomic E-state index is 8.99. The zero-order valence-electron chi connectivity index (χ0n) is 20.3. The van der Waals surface area contributed by atoms with E-state index in [1.54, 1.807) is 0 Å². The van der Waals surface area contributed by atoms with Crippen molar-refractivity contribution in [1.82, 2.24) is 0 Å². The van der Waals surface area contributed by atoms with Crippen LogP contribution in [-0.2, 0) is 25.7 Å². The lowest BCUT2D eigenvalue weighted by atomic mass is 9.90. The van der Waals surface area contributed by atoms with Crippen LogP contribution in [0.2, 0.25) is 0 Å². The molecule has 0 aromatic heterocycles. The van der Waals surface area contributed by atoms with E-state index in [2.05, 4.69) is 81.4 Å². The lowest BCUT2D eigenvalue weighted by molar-refractivity contribution is 0.283. The Morgan fingerprint density at radius 3 is 1.84 bits per heavy atom. The molecule has 0 saturated carbocycles. The van der Waals surface area contributed by atoms with E-state index in [-0.39, 0.29) is 0 Å². The zero-order chi connectivity index (χ0) is 22.8. The molecular formula is C31H40O. The normalized spacial score (nSPS) is 11.1. The highest BCUT2D eigenvalue weighted by atomic mass is 16.2. The minimum atomic E-state index is 0.303. The van der Waals surface area contributed by atoms with Crippen LogP contribution in [0.1, 0.15) is 75.1 Å². The highest BCUT2D eigenvalue weighted by molar-refractivity contribution is 5.75. The summed E-state index contributed by atoms with van der Waals surface area (Å²) in [5, 5.41) is 8.99. The third kappa shape index (κ3) is 6.33. The summed E-state index contributed by atoms with van der Waals surface area (Å²) >= 11 is 0. The third-order valence-corrected chi connectivity index (χ3v) is 6.56. The number of aliphatic hydroxyl groups is 1. The average Bonchev–Trinajstić information content (AvgIpc) is 2.85. The molecule has 0 radical (unpaired) electrons. The molecule has 0 unspecified atom stereocenters. The fourth-order valence-electron chi connectivity index (χ4n) is 4.56. The van der Waals surface area contributed by atoms with Crippen LogP contribution in [-0.4, -0.2) is 11.7 Å².